The van der Waals surface area contributed by atoms with Crippen LogP contribution in [0.2, 0.25) is 0 Å². The lowest BCUT2D eigenvalue weighted by Crippen LogP contribution is -2.47. The van der Waals surface area contributed by atoms with Crippen LogP contribution in [0.4, 0.5) is 0 Å². The summed E-state index contributed by atoms with van der Waals surface area (Å²) in [5.74, 6) is 1.18. The Morgan fingerprint density at radius 3 is 2.59 bits per heavy atom. The van der Waals surface area contributed by atoms with Gasteiger partial charge in [0.1, 0.15) is 11.4 Å². The number of carbonyl (C=O) groups excluding carboxylic acids is 1. The SMILES string of the molecule is C=CCCOc1ccc(-c2nnc(CCC(=O)N3CCN(C)CC3)c(=O)[nH]2)cc1. The van der Waals surface area contributed by atoms with E-state index in [0.717, 1.165) is 43.9 Å². The number of piperazine rings is 1. The molecule has 0 bridgehead atoms. The van der Waals surface area contributed by atoms with Crippen molar-refractivity contribution < 1.29 is 9.53 Å². The van der Waals surface area contributed by atoms with E-state index in [-0.39, 0.29) is 30.0 Å². The van der Waals surface area contributed by atoms with E-state index in [1.807, 2.05) is 36.2 Å². The van der Waals surface area contributed by atoms with E-state index < -0.39 is 0 Å². The van der Waals surface area contributed by atoms with Crippen LogP contribution in [-0.2, 0) is 11.2 Å². The van der Waals surface area contributed by atoms with Crippen molar-refractivity contribution >= 4 is 5.91 Å². The highest BCUT2D eigenvalue weighted by Gasteiger charge is 2.19. The summed E-state index contributed by atoms with van der Waals surface area (Å²) < 4.78 is 5.57. The summed E-state index contributed by atoms with van der Waals surface area (Å²) in [5.41, 5.74) is 0.707. The molecule has 0 aliphatic carbocycles. The number of hydrogen-bond acceptors (Lipinski definition) is 6. The van der Waals surface area contributed by atoms with Gasteiger partial charge in [-0.2, -0.15) is 0 Å². The highest BCUT2D eigenvalue weighted by atomic mass is 16.5. The number of carbonyl (C=O) groups is 1. The number of benzene rings is 1. The fourth-order valence-electron chi connectivity index (χ4n) is 3.06. The number of aryl methyl sites for hydroxylation is 1. The molecule has 1 fully saturated rings. The Morgan fingerprint density at radius 1 is 1.21 bits per heavy atom. The molecule has 3 rings (SSSR count). The van der Waals surface area contributed by atoms with Crippen molar-refractivity contribution in [2.75, 3.05) is 39.8 Å². The van der Waals surface area contributed by atoms with Gasteiger partial charge in [-0.3, -0.25) is 9.59 Å². The summed E-state index contributed by atoms with van der Waals surface area (Å²) in [6.07, 6.45) is 3.12. The summed E-state index contributed by atoms with van der Waals surface area (Å²) in [4.78, 5) is 31.5. The van der Waals surface area contributed by atoms with E-state index in [9.17, 15) is 9.59 Å². The maximum absolute atomic E-state index is 12.4. The van der Waals surface area contributed by atoms with E-state index in [0.29, 0.717) is 12.4 Å². The minimum absolute atomic E-state index is 0.0513. The van der Waals surface area contributed by atoms with E-state index >= 15 is 0 Å². The molecule has 1 amide bonds. The Hall–Kier alpha value is -3.00. The maximum Gasteiger partial charge on any atom is 0.273 e. The van der Waals surface area contributed by atoms with Crippen LogP contribution in [0.1, 0.15) is 18.5 Å². The van der Waals surface area contributed by atoms with Crippen molar-refractivity contribution in [2.24, 2.45) is 0 Å². The molecule has 1 aromatic heterocycles. The third-order valence-electron chi connectivity index (χ3n) is 4.91. The molecule has 1 saturated heterocycles. The van der Waals surface area contributed by atoms with Crippen molar-refractivity contribution in [1.82, 2.24) is 25.0 Å². The van der Waals surface area contributed by atoms with E-state index in [4.69, 9.17) is 4.74 Å². The van der Waals surface area contributed by atoms with Crippen LogP contribution >= 0.6 is 0 Å². The third kappa shape index (κ3) is 5.74. The van der Waals surface area contributed by atoms with Gasteiger partial charge in [-0.15, -0.1) is 16.8 Å². The smallest absolute Gasteiger partial charge is 0.273 e. The van der Waals surface area contributed by atoms with Gasteiger partial charge in [0.05, 0.1) is 6.61 Å². The van der Waals surface area contributed by atoms with Crippen LogP contribution in [0.3, 0.4) is 0 Å². The zero-order valence-corrected chi connectivity index (χ0v) is 16.8. The number of aromatic amines is 1. The Labute approximate surface area is 170 Å². The molecule has 8 heteroatoms. The lowest BCUT2D eigenvalue weighted by Gasteiger charge is -2.32. The number of H-pyrrole nitrogens is 1. The average molecular weight is 397 g/mol. The largest absolute Gasteiger partial charge is 0.493 e. The standard InChI is InChI=1S/C21H27N5O3/c1-3-4-15-29-17-7-5-16(6-8-17)20-22-21(28)18(23-24-20)9-10-19(27)26-13-11-25(2)12-14-26/h3,5-8H,1,4,9-15H2,2H3,(H,22,24,28). The first kappa shape index (κ1) is 20.7. The summed E-state index contributed by atoms with van der Waals surface area (Å²) in [6.45, 7) is 7.43. The van der Waals surface area contributed by atoms with Gasteiger partial charge in [0, 0.05) is 44.6 Å². The molecule has 2 heterocycles. The van der Waals surface area contributed by atoms with Gasteiger partial charge in [0.25, 0.3) is 5.56 Å². The molecule has 1 aliphatic heterocycles. The van der Waals surface area contributed by atoms with Crippen LogP contribution in [-0.4, -0.2) is 70.7 Å². The van der Waals surface area contributed by atoms with Crippen molar-refractivity contribution in [1.29, 1.82) is 0 Å². The molecule has 0 atom stereocenters. The zero-order valence-electron chi connectivity index (χ0n) is 16.8. The molecular weight excluding hydrogens is 370 g/mol. The molecular formula is C21H27N5O3. The van der Waals surface area contributed by atoms with Crippen LogP contribution < -0.4 is 10.3 Å². The predicted molar refractivity (Wildman–Crippen MR) is 111 cm³/mol. The molecule has 1 N–H and O–H groups in total. The molecule has 1 aromatic carbocycles. The number of nitrogens with one attached hydrogen (secondary N) is 1. The number of ether oxygens (including phenoxy) is 1. The first-order valence-electron chi connectivity index (χ1n) is 9.83. The quantitative estimate of drug-likeness (QED) is 0.536. The number of likely N-dealkylation sites (N-methyl/N-ethyl adjacent to an activating group) is 1. The van der Waals surface area contributed by atoms with Gasteiger partial charge >= 0.3 is 0 Å². The molecule has 154 valence electrons. The van der Waals surface area contributed by atoms with Crippen molar-refractivity contribution in [2.45, 2.75) is 19.3 Å². The molecule has 1 aliphatic rings. The normalized spacial score (nSPS) is 14.6. The van der Waals surface area contributed by atoms with Crippen molar-refractivity contribution in [3.8, 4) is 17.1 Å². The maximum atomic E-state index is 12.4. The number of aromatic nitrogens is 3. The minimum Gasteiger partial charge on any atom is -0.493 e. The van der Waals surface area contributed by atoms with Gasteiger partial charge in [-0.25, -0.2) is 0 Å². The Bertz CT molecular complexity index is 886. The van der Waals surface area contributed by atoms with Crippen molar-refractivity contribution in [3.05, 3.63) is 53.0 Å². The molecule has 2 aromatic rings. The number of rotatable bonds is 8. The van der Waals surface area contributed by atoms with E-state index in [1.54, 1.807) is 6.08 Å². The second-order valence-electron chi connectivity index (χ2n) is 7.08. The van der Waals surface area contributed by atoms with Gasteiger partial charge < -0.3 is 19.5 Å². The van der Waals surface area contributed by atoms with Crippen LogP contribution in [0.5, 0.6) is 5.75 Å². The van der Waals surface area contributed by atoms with Gasteiger partial charge in [0.15, 0.2) is 5.82 Å². The Balaban J connectivity index is 1.57. The van der Waals surface area contributed by atoms with Crippen LogP contribution in [0.15, 0.2) is 41.7 Å². The molecule has 29 heavy (non-hydrogen) atoms. The molecule has 0 saturated carbocycles. The minimum atomic E-state index is -0.313. The van der Waals surface area contributed by atoms with Gasteiger partial charge in [-0.05, 0) is 37.7 Å². The predicted octanol–water partition coefficient (Wildman–Crippen LogP) is 1.49. The molecule has 0 radical (unpaired) electrons. The Kier molecular flexibility index (Phi) is 7.13. The van der Waals surface area contributed by atoms with Crippen LogP contribution in [0.25, 0.3) is 11.4 Å². The topological polar surface area (TPSA) is 91.4 Å². The highest BCUT2D eigenvalue weighted by Crippen LogP contribution is 2.18. The number of amides is 1. The first-order chi connectivity index (χ1) is 14.1. The fraction of sp³-hybridized carbons (Fsp3) is 0.429. The van der Waals surface area contributed by atoms with Gasteiger partial charge in [-0.1, -0.05) is 6.08 Å². The van der Waals surface area contributed by atoms with Crippen molar-refractivity contribution in [3.63, 3.8) is 0 Å². The second kappa shape index (κ2) is 9.97. The van der Waals surface area contributed by atoms with E-state index in [2.05, 4.69) is 26.7 Å². The van der Waals surface area contributed by atoms with Gasteiger partial charge in [0.2, 0.25) is 5.91 Å². The summed E-state index contributed by atoms with van der Waals surface area (Å²) in [7, 11) is 2.04. The van der Waals surface area contributed by atoms with Crippen LogP contribution in [0, 0.1) is 0 Å². The lowest BCUT2D eigenvalue weighted by molar-refractivity contribution is -0.132. The highest BCUT2D eigenvalue weighted by molar-refractivity contribution is 5.76. The Morgan fingerprint density at radius 2 is 1.93 bits per heavy atom. The summed E-state index contributed by atoms with van der Waals surface area (Å²) >= 11 is 0. The monoisotopic (exact) mass is 397 g/mol. The summed E-state index contributed by atoms with van der Waals surface area (Å²) in [6, 6.07) is 7.28. The van der Waals surface area contributed by atoms with E-state index in [1.165, 1.54) is 0 Å². The first-order valence-corrected chi connectivity index (χ1v) is 9.83. The third-order valence-corrected chi connectivity index (χ3v) is 4.91. The number of nitrogens with zero attached hydrogens (tertiary/aromatic N) is 4. The lowest BCUT2D eigenvalue weighted by atomic mass is 10.2. The summed E-state index contributed by atoms with van der Waals surface area (Å²) in [5, 5.41) is 8.18. The molecule has 0 unspecified atom stereocenters. The average Bonchev–Trinajstić information content (AvgIpc) is 2.74. The molecule has 8 nitrogen and oxygen atoms in total. The fourth-order valence-corrected chi connectivity index (χ4v) is 3.06. The zero-order chi connectivity index (χ0) is 20.6. The molecule has 0 spiro atoms. The second-order valence-corrected chi connectivity index (χ2v) is 7.08. The number of hydrogen-bond donors (Lipinski definition) is 1.